The third-order valence-corrected chi connectivity index (χ3v) is 2.37. The molecule has 0 radical (unpaired) electrons. The number of halogens is 1. The number of anilines is 1. The molecule has 6 nitrogen and oxygen atoms in total. The highest BCUT2D eigenvalue weighted by molar-refractivity contribution is 6.30. The smallest absolute Gasteiger partial charge is 0.263 e. The molecule has 3 N–H and O–H groups in total. The highest BCUT2D eigenvalue weighted by Gasteiger charge is 2.02. The van der Waals surface area contributed by atoms with E-state index in [0.717, 1.165) is 5.56 Å². The molecule has 1 aromatic heterocycles. The molecular formula is C10H11ClN6. The monoisotopic (exact) mass is 250 g/mol. The first kappa shape index (κ1) is 11.4. The molecule has 0 aliphatic carbocycles. The Hall–Kier alpha value is -2.08. The highest BCUT2D eigenvalue weighted by atomic mass is 35.5. The largest absolute Gasteiger partial charge is 0.335 e. The molecule has 1 aromatic carbocycles. The lowest BCUT2D eigenvalue weighted by Crippen LogP contribution is -2.13. The fourth-order valence-corrected chi connectivity index (χ4v) is 1.28. The van der Waals surface area contributed by atoms with Gasteiger partial charge in [0.2, 0.25) is 0 Å². The van der Waals surface area contributed by atoms with Crippen molar-refractivity contribution in [3.8, 4) is 0 Å². The molecule has 0 atom stereocenters. The minimum Gasteiger partial charge on any atom is -0.335 e. The Labute approximate surface area is 103 Å². The molecule has 0 unspecified atom stereocenters. The van der Waals surface area contributed by atoms with Crippen LogP contribution in [0.25, 0.3) is 0 Å². The van der Waals surface area contributed by atoms with Gasteiger partial charge in [0.05, 0.1) is 6.21 Å². The average Bonchev–Trinajstić information content (AvgIpc) is 2.64. The van der Waals surface area contributed by atoms with E-state index in [2.05, 4.69) is 20.7 Å². The lowest BCUT2D eigenvalue weighted by molar-refractivity contribution is 0.926. The van der Waals surface area contributed by atoms with Gasteiger partial charge in [-0.2, -0.15) is 5.10 Å². The van der Waals surface area contributed by atoms with Gasteiger partial charge in [-0.1, -0.05) is 23.7 Å². The van der Waals surface area contributed by atoms with Crippen LogP contribution < -0.4 is 11.3 Å². The van der Waals surface area contributed by atoms with Crippen LogP contribution in [0.2, 0.25) is 5.02 Å². The van der Waals surface area contributed by atoms with Crippen molar-refractivity contribution >= 4 is 23.8 Å². The summed E-state index contributed by atoms with van der Waals surface area (Å²) in [5, 5.41) is 12.3. The molecule has 0 aliphatic rings. The number of hydrazone groups is 1. The zero-order valence-corrected chi connectivity index (χ0v) is 9.89. The average molecular weight is 251 g/mol. The van der Waals surface area contributed by atoms with E-state index in [1.807, 2.05) is 12.1 Å². The summed E-state index contributed by atoms with van der Waals surface area (Å²) < 4.78 is 1.32. The summed E-state index contributed by atoms with van der Waals surface area (Å²) in [4.78, 5) is 0. The van der Waals surface area contributed by atoms with Crippen molar-refractivity contribution in [2.45, 2.75) is 6.92 Å². The van der Waals surface area contributed by atoms with Gasteiger partial charge >= 0.3 is 0 Å². The summed E-state index contributed by atoms with van der Waals surface area (Å²) in [7, 11) is 0. The number of nitrogens with one attached hydrogen (secondary N) is 1. The summed E-state index contributed by atoms with van der Waals surface area (Å²) >= 11 is 5.77. The van der Waals surface area contributed by atoms with Crippen LogP contribution in [0.5, 0.6) is 0 Å². The topological polar surface area (TPSA) is 81.1 Å². The van der Waals surface area contributed by atoms with Crippen molar-refractivity contribution in [1.29, 1.82) is 0 Å². The Morgan fingerprint density at radius 2 is 2.06 bits per heavy atom. The number of aromatic nitrogens is 3. The molecule has 88 valence electrons. The SMILES string of the molecule is Cc1nnc(N/N=C\c2ccc(Cl)cc2)n1N. The quantitative estimate of drug-likeness (QED) is 0.490. The second kappa shape index (κ2) is 4.84. The van der Waals surface area contributed by atoms with Crippen LogP contribution in [0, 0.1) is 6.92 Å². The summed E-state index contributed by atoms with van der Waals surface area (Å²) in [6.07, 6.45) is 1.64. The van der Waals surface area contributed by atoms with Crippen molar-refractivity contribution in [2.24, 2.45) is 5.10 Å². The lowest BCUT2D eigenvalue weighted by atomic mass is 10.2. The zero-order valence-electron chi connectivity index (χ0n) is 9.13. The minimum absolute atomic E-state index is 0.382. The molecule has 0 bridgehead atoms. The molecule has 1 heterocycles. The van der Waals surface area contributed by atoms with E-state index in [1.165, 1.54) is 4.68 Å². The molecule has 0 amide bonds. The van der Waals surface area contributed by atoms with Gasteiger partial charge in [-0.05, 0) is 24.6 Å². The third kappa shape index (κ3) is 2.73. The molecule has 0 spiro atoms. The molecule has 17 heavy (non-hydrogen) atoms. The first-order valence-electron chi connectivity index (χ1n) is 4.88. The van der Waals surface area contributed by atoms with Crippen LogP contribution in [0.4, 0.5) is 5.95 Å². The normalized spacial score (nSPS) is 10.9. The maximum atomic E-state index is 5.77. The molecule has 0 fully saturated rings. The van der Waals surface area contributed by atoms with Crippen molar-refractivity contribution in [1.82, 2.24) is 14.9 Å². The third-order valence-electron chi connectivity index (χ3n) is 2.11. The fraction of sp³-hybridized carbons (Fsp3) is 0.100. The van der Waals surface area contributed by atoms with Gasteiger partial charge in [0, 0.05) is 5.02 Å². The van der Waals surface area contributed by atoms with Crippen molar-refractivity contribution in [2.75, 3.05) is 11.3 Å². The Morgan fingerprint density at radius 1 is 1.35 bits per heavy atom. The van der Waals surface area contributed by atoms with Gasteiger partial charge in [0.1, 0.15) is 0 Å². The number of hydrogen-bond donors (Lipinski definition) is 2. The number of hydrogen-bond acceptors (Lipinski definition) is 5. The maximum absolute atomic E-state index is 5.77. The first-order chi connectivity index (χ1) is 8.16. The van der Waals surface area contributed by atoms with Crippen molar-refractivity contribution in [3.05, 3.63) is 40.7 Å². The van der Waals surface area contributed by atoms with Crippen molar-refractivity contribution in [3.63, 3.8) is 0 Å². The van der Waals surface area contributed by atoms with E-state index in [1.54, 1.807) is 25.3 Å². The maximum Gasteiger partial charge on any atom is 0.263 e. The summed E-state index contributed by atoms with van der Waals surface area (Å²) in [6.45, 7) is 1.75. The molecule has 0 saturated carbocycles. The van der Waals surface area contributed by atoms with E-state index in [0.29, 0.717) is 16.8 Å². The van der Waals surface area contributed by atoms with Gasteiger partial charge in [-0.15, -0.1) is 10.2 Å². The molecule has 2 aromatic rings. The van der Waals surface area contributed by atoms with Gasteiger partial charge in [-0.25, -0.2) is 10.1 Å². The van der Waals surface area contributed by atoms with Crippen LogP contribution in [-0.2, 0) is 0 Å². The molecule has 0 saturated heterocycles. The number of benzene rings is 1. The van der Waals surface area contributed by atoms with Crippen LogP contribution in [-0.4, -0.2) is 21.1 Å². The predicted molar refractivity (Wildman–Crippen MR) is 67.6 cm³/mol. The number of nitrogens with zero attached hydrogens (tertiary/aromatic N) is 4. The van der Waals surface area contributed by atoms with Crippen LogP contribution in [0.15, 0.2) is 29.4 Å². The summed E-state index contributed by atoms with van der Waals surface area (Å²) in [6, 6.07) is 7.29. The van der Waals surface area contributed by atoms with Crippen LogP contribution in [0.3, 0.4) is 0 Å². The number of nitrogen functional groups attached to an aromatic ring is 1. The van der Waals surface area contributed by atoms with Gasteiger partial charge in [0.25, 0.3) is 5.95 Å². The zero-order chi connectivity index (χ0) is 12.3. The van der Waals surface area contributed by atoms with E-state index in [-0.39, 0.29) is 0 Å². The molecular weight excluding hydrogens is 240 g/mol. The lowest BCUT2D eigenvalue weighted by Gasteiger charge is -1.99. The number of aryl methyl sites for hydroxylation is 1. The summed E-state index contributed by atoms with van der Waals surface area (Å²) in [5.74, 6) is 6.63. The Balaban J connectivity index is 2.03. The van der Waals surface area contributed by atoms with E-state index in [9.17, 15) is 0 Å². The second-order valence-electron chi connectivity index (χ2n) is 3.36. The summed E-state index contributed by atoms with van der Waals surface area (Å²) in [5.41, 5.74) is 3.62. The fourth-order valence-electron chi connectivity index (χ4n) is 1.16. The van der Waals surface area contributed by atoms with E-state index < -0.39 is 0 Å². The van der Waals surface area contributed by atoms with E-state index in [4.69, 9.17) is 17.4 Å². The first-order valence-corrected chi connectivity index (χ1v) is 5.26. The number of nitrogens with two attached hydrogens (primary N) is 1. The molecule has 7 heteroatoms. The number of rotatable bonds is 3. The van der Waals surface area contributed by atoms with Gasteiger partial charge < -0.3 is 5.84 Å². The Bertz CT molecular complexity index is 530. The van der Waals surface area contributed by atoms with Crippen LogP contribution >= 0.6 is 11.6 Å². The van der Waals surface area contributed by atoms with Crippen LogP contribution in [0.1, 0.15) is 11.4 Å². The van der Waals surface area contributed by atoms with Crippen molar-refractivity contribution < 1.29 is 0 Å². The Kier molecular flexibility index (Phi) is 3.24. The highest BCUT2D eigenvalue weighted by Crippen LogP contribution is 2.08. The minimum atomic E-state index is 0.382. The van der Waals surface area contributed by atoms with Gasteiger partial charge in [-0.3, -0.25) is 0 Å². The predicted octanol–water partition coefficient (Wildman–Crippen LogP) is 1.40. The Morgan fingerprint density at radius 3 is 2.65 bits per heavy atom. The van der Waals surface area contributed by atoms with Gasteiger partial charge in [0.15, 0.2) is 5.82 Å². The standard InChI is InChI=1S/C10H11ClN6/c1-7-14-16-10(17(7)12)15-13-6-8-2-4-9(11)5-3-8/h2-6H,12H2,1H3,(H,15,16)/b13-6-. The van der Waals surface area contributed by atoms with E-state index >= 15 is 0 Å². The second-order valence-corrected chi connectivity index (χ2v) is 3.80. The molecule has 2 rings (SSSR count). The molecule has 0 aliphatic heterocycles.